The van der Waals surface area contributed by atoms with E-state index in [1.165, 1.54) is 20.2 Å². The summed E-state index contributed by atoms with van der Waals surface area (Å²) in [5.41, 5.74) is 2.08. The molecule has 4 N–H and O–H groups in total. The summed E-state index contributed by atoms with van der Waals surface area (Å²) in [6.07, 6.45) is 1.43. The Bertz CT molecular complexity index is 1020. The van der Waals surface area contributed by atoms with Crippen LogP contribution in [0.3, 0.4) is 0 Å². The van der Waals surface area contributed by atoms with Gasteiger partial charge in [0.1, 0.15) is 23.6 Å². The Hall–Kier alpha value is -3.39. The molecule has 1 heterocycles. The number of phenolic OH excluding ortho intramolecular Hbond substituents is 1. The smallest absolute Gasteiger partial charge is 0.222 e. The first-order valence-electron chi connectivity index (χ1n) is 8.71. The van der Waals surface area contributed by atoms with E-state index in [4.69, 9.17) is 4.74 Å². The Morgan fingerprint density at radius 3 is 2.75 bits per heavy atom. The van der Waals surface area contributed by atoms with Crippen molar-refractivity contribution in [2.75, 3.05) is 11.9 Å². The minimum atomic E-state index is -1.62. The number of carbonyl (C=O) groups excluding carboxylic acids is 1. The highest BCUT2D eigenvalue weighted by molar-refractivity contribution is 5.95. The first kappa shape index (κ1) is 19.4. The van der Waals surface area contributed by atoms with Gasteiger partial charge in [0.05, 0.1) is 17.4 Å². The zero-order chi connectivity index (χ0) is 20.3. The van der Waals surface area contributed by atoms with Crippen molar-refractivity contribution >= 4 is 28.3 Å². The number of carbonyl (C=O) groups is 1. The summed E-state index contributed by atoms with van der Waals surface area (Å²) >= 11 is 0. The number of rotatable bonds is 6. The molecule has 3 aromatic rings. The van der Waals surface area contributed by atoms with Gasteiger partial charge in [0.15, 0.2) is 0 Å². The van der Waals surface area contributed by atoms with Gasteiger partial charge >= 0.3 is 0 Å². The highest BCUT2D eigenvalue weighted by atomic mass is 16.6. The lowest BCUT2D eigenvalue weighted by Gasteiger charge is -2.26. The number of ether oxygens (including phenoxy) is 1. The number of nitrogens with one attached hydrogen (secondary N) is 2. The molecule has 0 aliphatic rings. The van der Waals surface area contributed by atoms with Crippen LogP contribution in [0.25, 0.3) is 10.9 Å². The van der Waals surface area contributed by atoms with Gasteiger partial charge < -0.3 is 25.6 Å². The van der Waals surface area contributed by atoms with E-state index in [0.717, 1.165) is 11.3 Å². The molecular weight excluding hydrogens is 360 g/mol. The quantitative estimate of drug-likeness (QED) is 0.382. The van der Waals surface area contributed by atoms with Gasteiger partial charge in [-0.1, -0.05) is 6.07 Å². The summed E-state index contributed by atoms with van der Waals surface area (Å²) in [7, 11) is 0. The number of aryl methyl sites for hydroxylation is 1. The number of fused-ring (bicyclic) bond motifs is 1. The van der Waals surface area contributed by atoms with E-state index in [1.807, 2.05) is 0 Å². The van der Waals surface area contributed by atoms with E-state index in [0.29, 0.717) is 22.5 Å². The molecular formula is C20H22N4O4. The first-order chi connectivity index (χ1) is 13.2. The van der Waals surface area contributed by atoms with Gasteiger partial charge in [-0.3, -0.25) is 4.79 Å². The predicted molar refractivity (Wildman–Crippen MR) is 106 cm³/mol. The Kier molecular flexibility index (Phi) is 5.32. The lowest BCUT2D eigenvalue weighted by Crippen LogP contribution is -2.44. The topological polar surface area (TPSA) is 117 Å². The summed E-state index contributed by atoms with van der Waals surface area (Å²) < 4.78 is 5.77. The predicted octanol–water partition coefficient (Wildman–Crippen LogP) is 2.61. The second-order valence-corrected chi connectivity index (χ2v) is 6.69. The third-order valence-corrected chi connectivity index (χ3v) is 4.08. The highest BCUT2D eigenvalue weighted by Gasteiger charge is 2.25. The van der Waals surface area contributed by atoms with Crippen LogP contribution in [0.4, 0.5) is 11.5 Å². The Morgan fingerprint density at radius 1 is 1.25 bits per heavy atom. The maximum atomic E-state index is 11.1. The molecule has 0 saturated carbocycles. The molecule has 0 saturated heterocycles. The van der Waals surface area contributed by atoms with Crippen LogP contribution in [0.2, 0.25) is 0 Å². The van der Waals surface area contributed by atoms with Crippen LogP contribution in [-0.2, 0) is 4.79 Å². The SMILES string of the molecule is CC(=O)NC[C@](C)(O)Oc1cccc2ncnc(Nc3ccc(O)c(C)c3)c12. The molecule has 146 valence electrons. The van der Waals surface area contributed by atoms with Crippen molar-refractivity contribution in [2.24, 2.45) is 0 Å². The van der Waals surface area contributed by atoms with Gasteiger partial charge in [0.25, 0.3) is 0 Å². The molecule has 0 fully saturated rings. The first-order valence-corrected chi connectivity index (χ1v) is 8.71. The van der Waals surface area contributed by atoms with Crippen LogP contribution in [0.1, 0.15) is 19.4 Å². The summed E-state index contributed by atoms with van der Waals surface area (Å²) in [5.74, 6) is -0.832. The second kappa shape index (κ2) is 7.69. The van der Waals surface area contributed by atoms with E-state index >= 15 is 0 Å². The standard InChI is InChI=1S/C20H22N4O4/c1-12-9-14(7-8-16(12)26)24-19-18-15(22-11-23-19)5-4-6-17(18)28-20(3,27)10-21-13(2)25/h4-9,11,26-27H,10H2,1-3H3,(H,21,25)(H,22,23,24)/t20-/m1/s1. The summed E-state index contributed by atoms with van der Waals surface area (Å²) in [6.45, 7) is 4.55. The van der Waals surface area contributed by atoms with Crippen molar-refractivity contribution in [3.8, 4) is 11.5 Å². The van der Waals surface area contributed by atoms with E-state index in [-0.39, 0.29) is 18.2 Å². The molecule has 1 amide bonds. The largest absolute Gasteiger partial charge is 0.508 e. The lowest BCUT2D eigenvalue weighted by molar-refractivity contribution is -0.132. The van der Waals surface area contributed by atoms with Crippen LogP contribution in [0, 0.1) is 6.92 Å². The molecule has 0 spiro atoms. The van der Waals surface area contributed by atoms with Crippen molar-refractivity contribution in [1.29, 1.82) is 0 Å². The van der Waals surface area contributed by atoms with Crippen molar-refractivity contribution in [3.05, 3.63) is 48.3 Å². The fourth-order valence-corrected chi connectivity index (χ4v) is 2.69. The minimum absolute atomic E-state index is 0.0771. The molecule has 28 heavy (non-hydrogen) atoms. The number of phenols is 1. The summed E-state index contributed by atoms with van der Waals surface area (Å²) in [6, 6.07) is 10.4. The number of aliphatic hydroxyl groups is 1. The number of benzene rings is 2. The van der Waals surface area contributed by atoms with Crippen LogP contribution in [0.15, 0.2) is 42.7 Å². The third-order valence-electron chi connectivity index (χ3n) is 4.08. The zero-order valence-corrected chi connectivity index (χ0v) is 15.9. The number of hydrogen-bond donors (Lipinski definition) is 4. The van der Waals surface area contributed by atoms with Gasteiger partial charge in [-0.2, -0.15) is 0 Å². The molecule has 0 aliphatic carbocycles. The normalized spacial score (nSPS) is 13.0. The van der Waals surface area contributed by atoms with Crippen molar-refractivity contribution in [2.45, 2.75) is 26.6 Å². The van der Waals surface area contributed by atoms with Crippen LogP contribution in [0.5, 0.6) is 11.5 Å². The number of hydrogen-bond acceptors (Lipinski definition) is 7. The molecule has 0 bridgehead atoms. The van der Waals surface area contributed by atoms with E-state index < -0.39 is 5.79 Å². The van der Waals surface area contributed by atoms with Crippen molar-refractivity contribution in [1.82, 2.24) is 15.3 Å². The van der Waals surface area contributed by atoms with Gasteiger partial charge in [0, 0.05) is 19.5 Å². The van der Waals surface area contributed by atoms with Crippen molar-refractivity contribution in [3.63, 3.8) is 0 Å². The van der Waals surface area contributed by atoms with Crippen LogP contribution < -0.4 is 15.4 Å². The molecule has 2 aromatic carbocycles. The van der Waals surface area contributed by atoms with Gasteiger partial charge in [-0.15, -0.1) is 0 Å². The molecule has 0 unspecified atom stereocenters. The number of nitrogens with zero attached hydrogens (tertiary/aromatic N) is 2. The Labute approximate surface area is 162 Å². The average Bonchev–Trinajstić information content (AvgIpc) is 2.63. The fourth-order valence-electron chi connectivity index (χ4n) is 2.69. The van der Waals surface area contributed by atoms with Gasteiger partial charge in [0.2, 0.25) is 11.7 Å². The monoisotopic (exact) mass is 382 g/mol. The molecule has 8 heteroatoms. The number of amides is 1. The minimum Gasteiger partial charge on any atom is -0.508 e. The maximum Gasteiger partial charge on any atom is 0.222 e. The van der Waals surface area contributed by atoms with Crippen LogP contribution >= 0.6 is 0 Å². The highest BCUT2D eigenvalue weighted by Crippen LogP contribution is 2.33. The average molecular weight is 382 g/mol. The lowest BCUT2D eigenvalue weighted by atomic mass is 10.1. The van der Waals surface area contributed by atoms with E-state index in [2.05, 4.69) is 20.6 Å². The molecule has 0 radical (unpaired) electrons. The molecule has 0 aliphatic heterocycles. The Morgan fingerprint density at radius 2 is 2.04 bits per heavy atom. The fraction of sp³-hybridized carbons (Fsp3) is 0.250. The van der Waals surface area contributed by atoms with Crippen molar-refractivity contribution < 1.29 is 19.7 Å². The summed E-state index contributed by atoms with van der Waals surface area (Å²) in [5, 5.41) is 26.5. The number of aromatic hydroxyl groups is 1. The molecule has 1 atom stereocenters. The van der Waals surface area contributed by atoms with E-state index in [1.54, 1.807) is 43.3 Å². The molecule has 3 rings (SSSR count). The maximum absolute atomic E-state index is 11.1. The molecule has 8 nitrogen and oxygen atoms in total. The second-order valence-electron chi connectivity index (χ2n) is 6.69. The number of anilines is 2. The summed E-state index contributed by atoms with van der Waals surface area (Å²) in [4.78, 5) is 19.7. The van der Waals surface area contributed by atoms with Crippen LogP contribution in [-0.4, -0.2) is 38.4 Å². The van der Waals surface area contributed by atoms with Gasteiger partial charge in [-0.25, -0.2) is 9.97 Å². The van der Waals surface area contributed by atoms with E-state index in [9.17, 15) is 15.0 Å². The Balaban J connectivity index is 1.98. The third kappa shape index (κ3) is 4.47. The van der Waals surface area contributed by atoms with Gasteiger partial charge in [-0.05, 0) is 42.8 Å². The number of aromatic nitrogens is 2. The zero-order valence-electron chi connectivity index (χ0n) is 15.9. The molecule has 1 aromatic heterocycles.